The second-order valence-electron chi connectivity index (χ2n) is 6.50. The number of hydrogen-bond acceptors (Lipinski definition) is 6. The molecule has 2 aromatic carbocycles. The first-order chi connectivity index (χ1) is 13.8. The van der Waals surface area contributed by atoms with E-state index in [-0.39, 0.29) is 0 Å². The third-order valence-electron chi connectivity index (χ3n) is 4.49. The van der Waals surface area contributed by atoms with Gasteiger partial charge in [0.05, 0.1) is 31.9 Å². The van der Waals surface area contributed by atoms with E-state index < -0.39 is 0 Å². The Labute approximate surface area is 174 Å². The molecule has 0 atom stereocenters. The van der Waals surface area contributed by atoms with Crippen molar-refractivity contribution in [1.82, 2.24) is 14.9 Å². The van der Waals surface area contributed by atoms with E-state index in [4.69, 9.17) is 31.0 Å². The highest BCUT2D eigenvalue weighted by Crippen LogP contribution is 2.26. The number of rotatable bonds is 7. The lowest BCUT2D eigenvalue weighted by Gasteiger charge is -2.25. The summed E-state index contributed by atoms with van der Waals surface area (Å²) in [6.45, 7) is 4.75. The Hall–Kier alpha value is -1.86. The van der Waals surface area contributed by atoms with Crippen LogP contribution in [0.5, 0.6) is 5.75 Å². The Kier molecular flexibility index (Phi) is 6.65. The zero-order valence-electron chi connectivity index (χ0n) is 15.5. The number of benzene rings is 2. The third kappa shape index (κ3) is 5.14. The summed E-state index contributed by atoms with van der Waals surface area (Å²) >= 11 is 7.61. The van der Waals surface area contributed by atoms with Gasteiger partial charge in [0.1, 0.15) is 16.6 Å². The number of morpholine rings is 1. The number of halogens is 1. The first-order valence-electron chi connectivity index (χ1n) is 9.35. The molecule has 3 aromatic rings. The molecule has 7 heteroatoms. The fourth-order valence-corrected chi connectivity index (χ4v) is 4.05. The van der Waals surface area contributed by atoms with Gasteiger partial charge in [0, 0.05) is 29.3 Å². The maximum atomic E-state index is 5.91. The molecule has 5 nitrogen and oxygen atoms in total. The first kappa shape index (κ1) is 19.5. The average Bonchev–Trinajstić information content (AvgIpc) is 2.73. The number of thioether (sulfide) groups is 1. The molecule has 0 amide bonds. The molecule has 0 unspecified atom stereocenters. The summed E-state index contributed by atoms with van der Waals surface area (Å²) < 4.78 is 11.2. The smallest absolute Gasteiger partial charge is 0.144 e. The third-order valence-corrected chi connectivity index (χ3v) is 5.70. The van der Waals surface area contributed by atoms with Crippen LogP contribution in [0.1, 0.15) is 5.82 Å². The summed E-state index contributed by atoms with van der Waals surface area (Å²) in [5, 5.41) is 2.81. The number of hydrogen-bond donors (Lipinski definition) is 0. The second kappa shape index (κ2) is 9.56. The molecule has 0 saturated carbocycles. The van der Waals surface area contributed by atoms with Gasteiger partial charge in [0.15, 0.2) is 0 Å². The van der Waals surface area contributed by atoms with Gasteiger partial charge in [0.25, 0.3) is 0 Å². The molecular formula is C21H22ClN3O2S. The molecule has 0 spiro atoms. The summed E-state index contributed by atoms with van der Waals surface area (Å²) in [6, 6.07) is 15.6. The van der Waals surface area contributed by atoms with E-state index in [0.29, 0.717) is 11.6 Å². The minimum Gasteiger partial charge on any atom is -0.493 e. The van der Waals surface area contributed by atoms with Gasteiger partial charge in [-0.05, 0) is 30.3 Å². The van der Waals surface area contributed by atoms with Crippen LogP contribution >= 0.6 is 23.4 Å². The van der Waals surface area contributed by atoms with Gasteiger partial charge in [-0.25, -0.2) is 9.97 Å². The molecule has 146 valence electrons. The maximum Gasteiger partial charge on any atom is 0.144 e. The van der Waals surface area contributed by atoms with Crippen molar-refractivity contribution in [3.05, 3.63) is 59.4 Å². The van der Waals surface area contributed by atoms with Crippen molar-refractivity contribution in [3.8, 4) is 5.75 Å². The van der Waals surface area contributed by atoms with Gasteiger partial charge in [-0.15, -0.1) is 11.8 Å². The van der Waals surface area contributed by atoms with Crippen molar-refractivity contribution in [2.24, 2.45) is 0 Å². The normalized spacial score (nSPS) is 15.0. The Morgan fingerprint density at radius 2 is 1.82 bits per heavy atom. The van der Waals surface area contributed by atoms with Crippen LogP contribution in [-0.2, 0) is 11.3 Å². The van der Waals surface area contributed by atoms with Crippen LogP contribution in [0.15, 0.2) is 53.6 Å². The Balaban J connectivity index is 1.43. The van der Waals surface area contributed by atoms with Crippen molar-refractivity contribution < 1.29 is 9.47 Å². The standard InChI is InChI=1S/C21H22ClN3O2S/c22-16-5-7-17(8-6-16)27-13-14-28-21-18-3-1-2-4-19(18)23-20(24-21)15-25-9-11-26-12-10-25/h1-8H,9-15H2. The van der Waals surface area contributed by atoms with E-state index in [2.05, 4.69) is 11.0 Å². The number of nitrogens with zero attached hydrogens (tertiary/aromatic N) is 3. The molecule has 1 aromatic heterocycles. The average molecular weight is 416 g/mol. The van der Waals surface area contributed by atoms with Gasteiger partial charge in [-0.1, -0.05) is 29.8 Å². The van der Waals surface area contributed by atoms with E-state index in [1.807, 2.05) is 42.5 Å². The fourth-order valence-electron chi connectivity index (χ4n) is 3.06. The highest BCUT2D eigenvalue weighted by molar-refractivity contribution is 7.99. The molecule has 0 N–H and O–H groups in total. The molecule has 1 fully saturated rings. The largest absolute Gasteiger partial charge is 0.493 e. The zero-order chi connectivity index (χ0) is 19.2. The molecule has 1 aliphatic heterocycles. The summed E-state index contributed by atoms with van der Waals surface area (Å²) in [7, 11) is 0. The lowest BCUT2D eigenvalue weighted by molar-refractivity contribution is 0.0330. The van der Waals surface area contributed by atoms with E-state index in [1.54, 1.807) is 11.8 Å². The van der Waals surface area contributed by atoms with Crippen LogP contribution < -0.4 is 4.74 Å². The molecule has 28 heavy (non-hydrogen) atoms. The molecular weight excluding hydrogens is 394 g/mol. The summed E-state index contributed by atoms with van der Waals surface area (Å²) in [6.07, 6.45) is 0. The van der Waals surface area contributed by atoms with Crippen LogP contribution in [0.25, 0.3) is 10.9 Å². The van der Waals surface area contributed by atoms with Crippen LogP contribution in [0.2, 0.25) is 5.02 Å². The second-order valence-corrected chi connectivity index (χ2v) is 8.02. The van der Waals surface area contributed by atoms with Crippen LogP contribution in [0.4, 0.5) is 0 Å². The number of aromatic nitrogens is 2. The monoisotopic (exact) mass is 415 g/mol. The maximum absolute atomic E-state index is 5.91. The molecule has 1 aliphatic rings. The zero-order valence-corrected chi connectivity index (χ0v) is 17.1. The first-order valence-corrected chi connectivity index (χ1v) is 10.7. The highest BCUT2D eigenvalue weighted by atomic mass is 35.5. The fraction of sp³-hybridized carbons (Fsp3) is 0.333. The van der Waals surface area contributed by atoms with Crippen molar-refractivity contribution in [1.29, 1.82) is 0 Å². The Bertz CT molecular complexity index is 917. The van der Waals surface area contributed by atoms with E-state index in [9.17, 15) is 0 Å². The van der Waals surface area contributed by atoms with E-state index >= 15 is 0 Å². The predicted molar refractivity (Wildman–Crippen MR) is 113 cm³/mol. The van der Waals surface area contributed by atoms with Gasteiger partial charge < -0.3 is 9.47 Å². The topological polar surface area (TPSA) is 47.5 Å². The lowest BCUT2D eigenvalue weighted by Crippen LogP contribution is -2.36. The minimum atomic E-state index is 0.601. The van der Waals surface area contributed by atoms with E-state index in [0.717, 1.165) is 66.1 Å². The molecule has 1 saturated heterocycles. The number of fused-ring (bicyclic) bond motifs is 1. The van der Waals surface area contributed by atoms with Crippen molar-refractivity contribution in [3.63, 3.8) is 0 Å². The van der Waals surface area contributed by atoms with Crippen molar-refractivity contribution >= 4 is 34.3 Å². The Morgan fingerprint density at radius 3 is 2.64 bits per heavy atom. The Morgan fingerprint density at radius 1 is 1.04 bits per heavy atom. The predicted octanol–water partition coefficient (Wildman–Crippen LogP) is 4.29. The SMILES string of the molecule is Clc1ccc(OCCSc2nc(CN3CCOCC3)nc3ccccc23)cc1. The summed E-state index contributed by atoms with van der Waals surface area (Å²) in [4.78, 5) is 11.9. The van der Waals surface area contributed by atoms with Crippen LogP contribution in [0, 0.1) is 0 Å². The molecule has 0 bridgehead atoms. The van der Waals surface area contributed by atoms with E-state index in [1.165, 1.54) is 0 Å². The summed E-state index contributed by atoms with van der Waals surface area (Å²) in [5.41, 5.74) is 0.988. The lowest BCUT2D eigenvalue weighted by atomic mass is 10.2. The van der Waals surface area contributed by atoms with Crippen molar-refractivity contribution in [2.75, 3.05) is 38.7 Å². The van der Waals surface area contributed by atoms with Crippen molar-refractivity contribution in [2.45, 2.75) is 11.6 Å². The van der Waals surface area contributed by atoms with Gasteiger partial charge in [0.2, 0.25) is 0 Å². The summed E-state index contributed by atoms with van der Waals surface area (Å²) in [5.74, 6) is 2.49. The van der Waals surface area contributed by atoms with Crippen LogP contribution in [0.3, 0.4) is 0 Å². The van der Waals surface area contributed by atoms with Crippen LogP contribution in [-0.4, -0.2) is 53.5 Å². The molecule has 0 aliphatic carbocycles. The molecule has 4 rings (SSSR count). The molecule has 0 radical (unpaired) electrons. The van der Waals surface area contributed by atoms with Gasteiger partial charge in [-0.2, -0.15) is 0 Å². The molecule has 2 heterocycles. The minimum absolute atomic E-state index is 0.601. The van der Waals surface area contributed by atoms with Gasteiger partial charge in [-0.3, -0.25) is 4.90 Å². The highest BCUT2D eigenvalue weighted by Gasteiger charge is 2.14. The number of para-hydroxylation sites is 1. The number of ether oxygens (including phenoxy) is 2. The van der Waals surface area contributed by atoms with Gasteiger partial charge >= 0.3 is 0 Å². The quantitative estimate of drug-likeness (QED) is 0.326.